The highest BCUT2D eigenvalue weighted by molar-refractivity contribution is 7.00. The summed E-state index contributed by atoms with van der Waals surface area (Å²) < 4.78 is 8.04. The molecule has 0 N–H and O–H groups in total. The molecule has 3 nitrogen and oxygen atoms in total. The highest BCUT2D eigenvalue weighted by Crippen LogP contribution is 2.48. The van der Waals surface area contributed by atoms with Crippen molar-refractivity contribution in [3.05, 3.63) is 294 Å². The fraction of sp³-hybridized carbons (Fsp3) is 0.0976. The van der Waals surface area contributed by atoms with Crippen LogP contribution in [0.25, 0.3) is 122 Å². The van der Waals surface area contributed by atoms with Crippen LogP contribution >= 0.6 is 0 Å². The van der Waals surface area contributed by atoms with Gasteiger partial charge in [0.05, 0.1) is 22.2 Å². The number of para-hydroxylation sites is 1. The maximum atomic E-state index is 2.73. The standard InChI is InChI=1S/C82H60BN3/c1-49-36-70-64-29-17-18-31-74(64)85-77-47-63(48-78-79(77)83(72(38-49)81(70)85)73-39-50(2)37-71-67-30-19-20-51(3)80(67)86(78)82(71)73)84-75-45-57(61-41-59(53-21-9-5-10-22-53)40-60(42-61)54-23-11-6-12-24-54)32-34-65(75)66-35-33-58(46-76(66)84)69-44-62(55-25-13-7-14-26-55)43-68(52(69)4)56-27-15-8-16-28-56/h5-19,21-48,51-52,69H,20H2,1-4H3. The number of aromatic nitrogens is 3. The maximum Gasteiger partial charge on any atom is 0.252 e. The van der Waals surface area contributed by atoms with Gasteiger partial charge in [-0.3, -0.25) is 0 Å². The van der Waals surface area contributed by atoms with Crippen molar-refractivity contribution in [2.75, 3.05) is 0 Å². The molecule has 3 aromatic heterocycles. The number of rotatable bonds is 7. The molecule has 3 unspecified atom stereocenters. The molecule has 4 aliphatic rings. The van der Waals surface area contributed by atoms with E-state index in [1.807, 2.05) is 0 Å². The minimum atomic E-state index is 0.0381. The zero-order valence-corrected chi connectivity index (χ0v) is 48.7. The zero-order chi connectivity index (χ0) is 57.1. The zero-order valence-electron chi connectivity index (χ0n) is 48.7. The first kappa shape index (κ1) is 49.3. The van der Waals surface area contributed by atoms with E-state index in [0.717, 1.165) is 12.1 Å². The van der Waals surface area contributed by atoms with Gasteiger partial charge in [0.1, 0.15) is 0 Å². The van der Waals surface area contributed by atoms with Crippen molar-refractivity contribution in [1.29, 1.82) is 0 Å². The smallest absolute Gasteiger partial charge is 0.252 e. The summed E-state index contributed by atoms with van der Waals surface area (Å²) in [4.78, 5) is 0. The number of allylic oxidation sites excluding steroid dienone is 5. The molecule has 0 saturated carbocycles. The number of aryl methyl sites for hydroxylation is 2. The second-order valence-corrected chi connectivity index (χ2v) is 25.0. The van der Waals surface area contributed by atoms with Crippen molar-refractivity contribution in [2.24, 2.45) is 5.92 Å². The Labute approximate surface area is 501 Å². The number of hydrogen-bond acceptors (Lipinski definition) is 0. The summed E-state index contributed by atoms with van der Waals surface area (Å²) in [6.45, 7) is 9.50. The summed E-state index contributed by atoms with van der Waals surface area (Å²) in [5, 5.41) is 6.45. The first-order valence-corrected chi connectivity index (χ1v) is 30.8. The highest BCUT2D eigenvalue weighted by Gasteiger charge is 2.43. The number of benzene rings is 11. The van der Waals surface area contributed by atoms with Gasteiger partial charge in [-0.15, -0.1) is 0 Å². The molecule has 0 saturated heterocycles. The van der Waals surface area contributed by atoms with Crippen molar-refractivity contribution < 1.29 is 0 Å². The fourth-order valence-electron chi connectivity index (χ4n) is 16.0. The van der Waals surface area contributed by atoms with Gasteiger partial charge >= 0.3 is 0 Å². The van der Waals surface area contributed by atoms with Gasteiger partial charge in [-0.25, -0.2) is 0 Å². The van der Waals surface area contributed by atoms with E-state index in [-0.39, 0.29) is 18.5 Å². The van der Waals surface area contributed by atoms with E-state index < -0.39 is 0 Å². The summed E-state index contributed by atoms with van der Waals surface area (Å²) in [6.07, 6.45) is 10.8. The Morgan fingerprint density at radius 3 is 1.64 bits per heavy atom. The molecule has 406 valence electrons. The summed E-state index contributed by atoms with van der Waals surface area (Å²) >= 11 is 0. The number of fused-ring (bicyclic) bond motifs is 13. The molecule has 86 heavy (non-hydrogen) atoms. The molecule has 11 aromatic carbocycles. The van der Waals surface area contributed by atoms with Crippen molar-refractivity contribution in [2.45, 2.75) is 46.0 Å². The van der Waals surface area contributed by atoms with Crippen molar-refractivity contribution in [1.82, 2.24) is 13.7 Å². The fourth-order valence-corrected chi connectivity index (χ4v) is 16.0. The van der Waals surface area contributed by atoms with E-state index in [4.69, 9.17) is 0 Å². The average molecular weight is 1100 g/mol. The molecule has 3 atom stereocenters. The predicted octanol–water partition coefficient (Wildman–Crippen LogP) is 19.0. The summed E-state index contributed by atoms with van der Waals surface area (Å²) in [5.74, 6) is 0.645. The van der Waals surface area contributed by atoms with E-state index in [2.05, 4.69) is 302 Å². The summed E-state index contributed by atoms with van der Waals surface area (Å²) in [6, 6.07) is 89.9. The third-order valence-electron chi connectivity index (χ3n) is 19.8. The van der Waals surface area contributed by atoms with Crippen LogP contribution in [0.5, 0.6) is 0 Å². The van der Waals surface area contributed by atoms with Crippen molar-refractivity contribution in [3.8, 4) is 50.4 Å². The molecule has 14 aromatic rings. The quantitative estimate of drug-likeness (QED) is 0.141. The molecule has 0 fully saturated rings. The van der Waals surface area contributed by atoms with Gasteiger partial charge in [0.15, 0.2) is 0 Å². The van der Waals surface area contributed by atoms with Gasteiger partial charge < -0.3 is 13.7 Å². The molecule has 0 radical (unpaired) electrons. The van der Waals surface area contributed by atoms with Crippen LogP contribution in [-0.4, -0.2) is 20.4 Å². The van der Waals surface area contributed by atoms with Gasteiger partial charge in [-0.1, -0.05) is 225 Å². The predicted molar refractivity (Wildman–Crippen MR) is 365 cm³/mol. The van der Waals surface area contributed by atoms with Gasteiger partial charge in [0.25, 0.3) is 6.71 Å². The Balaban J connectivity index is 0.954. The molecular formula is C82H60BN3. The van der Waals surface area contributed by atoms with Crippen LogP contribution in [-0.2, 0) is 0 Å². The van der Waals surface area contributed by atoms with Crippen LogP contribution in [0.3, 0.4) is 0 Å². The first-order valence-electron chi connectivity index (χ1n) is 30.8. The van der Waals surface area contributed by atoms with Crippen molar-refractivity contribution in [3.63, 3.8) is 0 Å². The van der Waals surface area contributed by atoms with Gasteiger partial charge in [-0.05, 0) is 164 Å². The second-order valence-electron chi connectivity index (χ2n) is 25.0. The summed E-state index contributed by atoms with van der Waals surface area (Å²) in [5.41, 5.74) is 33.2. The van der Waals surface area contributed by atoms with Crippen LogP contribution in [0.2, 0.25) is 0 Å². The van der Waals surface area contributed by atoms with E-state index >= 15 is 0 Å². The van der Waals surface area contributed by atoms with Crippen LogP contribution < -0.4 is 16.4 Å². The minimum Gasteiger partial charge on any atom is -0.314 e. The largest absolute Gasteiger partial charge is 0.314 e. The Morgan fingerprint density at radius 1 is 0.419 bits per heavy atom. The van der Waals surface area contributed by atoms with Crippen LogP contribution in [0.4, 0.5) is 0 Å². The number of nitrogens with zero attached hydrogens (tertiary/aromatic N) is 3. The molecule has 5 heterocycles. The molecular weight excluding hydrogens is 1040 g/mol. The lowest BCUT2D eigenvalue weighted by atomic mass is 9.34. The molecule has 0 amide bonds. The summed E-state index contributed by atoms with van der Waals surface area (Å²) in [7, 11) is 0. The van der Waals surface area contributed by atoms with Gasteiger partial charge in [0.2, 0.25) is 0 Å². The highest BCUT2D eigenvalue weighted by atomic mass is 15.1. The molecule has 0 bridgehead atoms. The molecule has 2 aliphatic heterocycles. The van der Waals surface area contributed by atoms with Crippen LogP contribution in [0, 0.1) is 19.8 Å². The lowest BCUT2D eigenvalue weighted by molar-refractivity contribution is 0.656. The SMILES string of the molecule is Cc1cc2c3c(c1)c1c(n3-c3cc(-n4c5cc(-c6cc(-c7ccccc7)cc(-c7ccccc7)c6)ccc5c5ccc(C6C=C(c7ccccc7)C=C(c7ccccc7)C6C)cc54)cc4c3B2c2cc(C)cc3c5ccccc5n-4c23)C(C)CC=C1. The monoisotopic (exact) mass is 1100 g/mol. The third-order valence-corrected chi connectivity index (χ3v) is 19.8. The van der Waals surface area contributed by atoms with E-state index in [9.17, 15) is 0 Å². The van der Waals surface area contributed by atoms with E-state index in [0.29, 0.717) is 5.92 Å². The third kappa shape index (κ3) is 7.23. The molecule has 18 rings (SSSR count). The topological polar surface area (TPSA) is 14.8 Å². The number of hydrogen-bond donors (Lipinski definition) is 0. The molecule has 2 aliphatic carbocycles. The Hall–Kier alpha value is -10.2. The Kier molecular flexibility index (Phi) is 10.7. The van der Waals surface area contributed by atoms with Gasteiger partial charge in [0, 0.05) is 72.4 Å². The minimum absolute atomic E-state index is 0.0381. The van der Waals surface area contributed by atoms with E-state index in [1.54, 1.807) is 0 Å². The van der Waals surface area contributed by atoms with Gasteiger partial charge in [-0.2, -0.15) is 0 Å². The average Bonchev–Trinajstić information content (AvgIpc) is 1.44. The van der Waals surface area contributed by atoms with Crippen LogP contribution in [0.1, 0.15) is 71.2 Å². The molecule has 4 heteroatoms. The second kappa shape index (κ2) is 18.7. The Bertz CT molecular complexity index is 5240. The maximum absolute atomic E-state index is 2.73. The van der Waals surface area contributed by atoms with Crippen molar-refractivity contribution >= 4 is 94.8 Å². The van der Waals surface area contributed by atoms with E-state index in [1.165, 1.54) is 166 Å². The lowest BCUT2D eigenvalue weighted by Crippen LogP contribution is -2.59. The van der Waals surface area contributed by atoms with Crippen LogP contribution in [0.15, 0.2) is 255 Å². The normalized spacial score (nSPS) is 16.5. The lowest BCUT2D eigenvalue weighted by Gasteiger charge is -2.35. The first-order chi connectivity index (χ1) is 42.3. The Morgan fingerprint density at radius 2 is 0.965 bits per heavy atom. The molecule has 0 spiro atoms.